The minimum Gasteiger partial charge on any atom is -0.353 e. The number of nitrogens with one attached hydrogen (secondary N) is 1. The Morgan fingerprint density at radius 3 is 2.70 bits per heavy atom. The lowest BCUT2D eigenvalue weighted by atomic mass is 9.78. The van der Waals surface area contributed by atoms with Crippen molar-refractivity contribution >= 4 is 0 Å². The Bertz CT molecular complexity index is 504. The standard InChI is InChI=1S/C16H22N2O2/c1-5-7-12(6-2)8-14-11-17-15(18-14)13-9-16(10-13,19-3)20-4/h5-7,11,13H,1-2,8-10H2,3-4H3,(H,17,18)/b12-7+. The van der Waals surface area contributed by atoms with E-state index >= 15 is 0 Å². The van der Waals surface area contributed by atoms with Crippen LogP contribution >= 0.6 is 0 Å². The zero-order valence-electron chi connectivity index (χ0n) is 12.2. The molecule has 1 N–H and O–H groups in total. The van der Waals surface area contributed by atoms with Gasteiger partial charge in [0.15, 0.2) is 5.79 Å². The molecule has 4 heteroatoms. The van der Waals surface area contributed by atoms with Crippen LogP contribution in [0.15, 0.2) is 43.2 Å². The van der Waals surface area contributed by atoms with Crippen molar-refractivity contribution < 1.29 is 9.47 Å². The normalized spacial score (nSPS) is 18.6. The number of imidazole rings is 1. The van der Waals surface area contributed by atoms with Crippen molar-refractivity contribution in [2.24, 2.45) is 0 Å². The van der Waals surface area contributed by atoms with E-state index in [1.54, 1.807) is 20.3 Å². The molecule has 1 aliphatic carbocycles. The van der Waals surface area contributed by atoms with Gasteiger partial charge in [0.05, 0.1) is 0 Å². The molecule has 1 heterocycles. The van der Waals surface area contributed by atoms with Crippen LogP contribution in [0.4, 0.5) is 0 Å². The quantitative estimate of drug-likeness (QED) is 0.614. The fraction of sp³-hybridized carbons (Fsp3) is 0.438. The maximum Gasteiger partial charge on any atom is 0.168 e. The third kappa shape index (κ3) is 2.92. The third-order valence-corrected chi connectivity index (χ3v) is 3.88. The molecule has 108 valence electrons. The fourth-order valence-electron chi connectivity index (χ4n) is 2.55. The first-order chi connectivity index (χ1) is 9.66. The van der Waals surface area contributed by atoms with Crippen LogP contribution in [0.3, 0.4) is 0 Å². The molecule has 20 heavy (non-hydrogen) atoms. The number of hydrogen-bond donors (Lipinski definition) is 1. The van der Waals surface area contributed by atoms with Crippen molar-refractivity contribution in [3.63, 3.8) is 0 Å². The number of methoxy groups -OCH3 is 2. The lowest BCUT2D eigenvalue weighted by Crippen LogP contribution is -2.46. The van der Waals surface area contributed by atoms with Gasteiger partial charge in [0.2, 0.25) is 0 Å². The van der Waals surface area contributed by atoms with Crippen LogP contribution in [0.1, 0.15) is 30.3 Å². The van der Waals surface area contributed by atoms with Crippen LogP contribution in [-0.4, -0.2) is 30.0 Å². The highest BCUT2D eigenvalue weighted by Gasteiger charge is 2.46. The third-order valence-electron chi connectivity index (χ3n) is 3.88. The van der Waals surface area contributed by atoms with E-state index in [4.69, 9.17) is 9.47 Å². The molecule has 0 bridgehead atoms. The van der Waals surface area contributed by atoms with Gasteiger partial charge in [-0.15, -0.1) is 0 Å². The van der Waals surface area contributed by atoms with Crippen LogP contribution in [0.25, 0.3) is 0 Å². The number of aromatic amines is 1. The maximum atomic E-state index is 5.40. The Hall–Kier alpha value is -1.65. The molecule has 0 atom stereocenters. The number of ether oxygens (including phenoxy) is 2. The van der Waals surface area contributed by atoms with E-state index in [-0.39, 0.29) is 0 Å². The summed E-state index contributed by atoms with van der Waals surface area (Å²) in [7, 11) is 3.37. The summed E-state index contributed by atoms with van der Waals surface area (Å²) < 4.78 is 10.8. The van der Waals surface area contributed by atoms with E-state index in [1.807, 2.05) is 18.3 Å². The summed E-state index contributed by atoms with van der Waals surface area (Å²) in [4.78, 5) is 7.84. The van der Waals surface area contributed by atoms with Gasteiger partial charge in [0, 0.05) is 51.3 Å². The van der Waals surface area contributed by atoms with Crippen molar-refractivity contribution in [1.29, 1.82) is 0 Å². The maximum absolute atomic E-state index is 5.40. The molecular formula is C16H22N2O2. The molecule has 4 nitrogen and oxygen atoms in total. The molecule has 1 aromatic heterocycles. The molecule has 0 unspecified atom stereocenters. The van der Waals surface area contributed by atoms with Crippen LogP contribution in [0, 0.1) is 0 Å². The highest BCUT2D eigenvalue weighted by atomic mass is 16.7. The average Bonchev–Trinajstić information content (AvgIpc) is 2.86. The minimum absolute atomic E-state index is 0.374. The summed E-state index contributed by atoms with van der Waals surface area (Å²) in [6.07, 6.45) is 9.91. The van der Waals surface area contributed by atoms with Gasteiger partial charge in [-0.3, -0.25) is 0 Å². The molecular weight excluding hydrogens is 252 g/mol. The van der Waals surface area contributed by atoms with Crippen LogP contribution in [0.2, 0.25) is 0 Å². The Labute approximate surface area is 120 Å². The first-order valence-electron chi connectivity index (χ1n) is 6.74. The average molecular weight is 274 g/mol. The van der Waals surface area contributed by atoms with Gasteiger partial charge in [-0.1, -0.05) is 31.4 Å². The number of hydrogen-bond acceptors (Lipinski definition) is 3. The highest BCUT2D eigenvalue weighted by molar-refractivity contribution is 5.26. The SMILES string of the molecule is C=C/C=C(\C=C)Cc1cnc(C2CC(OC)(OC)C2)[nH]1. The Balaban J connectivity index is 1.99. The summed E-state index contributed by atoms with van der Waals surface area (Å²) in [6.45, 7) is 7.51. The number of aromatic nitrogens is 2. The van der Waals surface area contributed by atoms with E-state index in [0.29, 0.717) is 5.92 Å². The van der Waals surface area contributed by atoms with Gasteiger partial charge >= 0.3 is 0 Å². The molecule has 0 amide bonds. The van der Waals surface area contributed by atoms with E-state index in [1.165, 1.54) is 0 Å². The van der Waals surface area contributed by atoms with E-state index in [2.05, 4.69) is 23.1 Å². The Kier molecular flexibility index (Phi) is 4.57. The van der Waals surface area contributed by atoms with Crippen LogP contribution in [0.5, 0.6) is 0 Å². The molecule has 0 aromatic carbocycles. The molecule has 1 aliphatic rings. The van der Waals surface area contributed by atoms with Gasteiger partial charge < -0.3 is 14.5 Å². The second-order valence-electron chi connectivity index (χ2n) is 5.08. The second kappa shape index (κ2) is 6.20. The topological polar surface area (TPSA) is 47.1 Å². The van der Waals surface area contributed by atoms with Gasteiger partial charge in [0.1, 0.15) is 5.82 Å². The summed E-state index contributed by atoms with van der Waals surface area (Å²) in [6, 6.07) is 0. The first kappa shape index (κ1) is 14.8. The molecule has 2 rings (SSSR count). The Morgan fingerprint density at radius 2 is 2.15 bits per heavy atom. The minimum atomic E-state index is -0.424. The number of rotatable bonds is 7. The first-order valence-corrected chi connectivity index (χ1v) is 6.74. The van der Waals surface area contributed by atoms with Crippen molar-refractivity contribution in [2.45, 2.75) is 31.0 Å². The number of nitrogens with zero attached hydrogens (tertiary/aromatic N) is 1. The Morgan fingerprint density at radius 1 is 1.45 bits per heavy atom. The van der Waals surface area contributed by atoms with Crippen LogP contribution in [-0.2, 0) is 15.9 Å². The highest BCUT2D eigenvalue weighted by Crippen LogP contribution is 2.46. The van der Waals surface area contributed by atoms with Crippen molar-refractivity contribution in [3.8, 4) is 0 Å². The lowest BCUT2D eigenvalue weighted by molar-refractivity contribution is -0.258. The molecule has 0 spiro atoms. The largest absolute Gasteiger partial charge is 0.353 e. The summed E-state index contributed by atoms with van der Waals surface area (Å²) in [5.74, 6) is 0.957. The van der Waals surface area contributed by atoms with Crippen molar-refractivity contribution in [1.82, 2.24) is 9.97 Å². The van der Waals surface area contributed by atoms with Gasteiger partial charge in [-0.2, -0.15) is 0 Å². The molecule has 0 radical (unpaired) electrons. The van der Waals surface area contributed by atoms with E-state index in [9.17, 15) is 0 Å². The van der Waals surface area contributed by atoms with E-state index in [0.717, 1.165) is 36.4 Å². The zero-order valence-corrected chi connectivity index (χ0v) is 12.2. The molecule has 0 aliphatic heterocycles. The molecule has 1 saturated carbocycles. The van der Waals surface area contributed by atoms with Gasteiger partial charge in [-0.05, 0) is 5.57 Å². The van der Waals surface area contributed by atoms with Crippen LogP contribution < -0.4 is 0 Å². The van der Waals surface area contributed by atoms with Crippen molar-refractivity contribution in [3.05, 3.63) is 54.7 Å². The predicted octanol–water partition coefficient (Wildman–Crippen LogP) is 3.12. The molecule has 0 saturated heterocycles. The summed E-state index contributed by atoms with van der Waals surface area (Å²) in [5, 5.41) is 0. The molecule has 1 fully saturated rings. The monoisotopic (exact) mass is 274 g/mol. The summed E-state index contributed by atoms with van der Waals surface area (Å²) >= 11 is 0. The second-order valence-corrected chi connectivity index (χ2v) is 5.08. The smallest absolute Gasteiger partial charge is 0.168 e. The molecule has 1 aromatic rings. The lowest BCUT2D eigenvalue weighted by Gasteiger charge is -2.44. The number of H-pyrrole nitrogens is 1. The van der Waals surface area contributed by atoms with Crippen molar-refractivity contribution in [2.75, 3.05) is 14.2 Å². The number of allylic oxidation sites excluding steroid dienone is 4. The van der Waals surface area contributed by atoms with Gasteiger partial charge in [0.25, 0.3) is 0 Å². The zero-order chi connectivity index (χ0) is 14.6. The van der Waals surface area contributed by atoms with E-state index < -0.39 is 5.79 Å². The summed E-state index contributed by atoms with van der Waals surface area (Å²) in [5.41, 5.74) is 2.20. The predicted molar refractivity (Wildman–Crippen MR) is 79.5 cm³/mol. The van der Waals surface area contributed by atoms with Gasteiger partial charge in [-0.25, -0.2) is 4.98 Å². The fourth-order valence-corrected chi connectivity index (χ4v) is 2.55.